The molecular formula is C24H26N4O3S. The standard InChI is InChI=1S/C24H26N4O3S/c29-24(27-15-13-26(14-16-27)17-18-6-7-18)20-8-10-21(11-9-20)28(32(30)31)22-5-1-3-19-4-2-12-25-23(19)22/h1-5,8-12,18H,6-7,13-17H2,(H,30,31). The summed E-state index contributed by atoms with van der Waals surface area (Å²) < 4.78 is 23.6. The van der Waals surface area contributed by atoms with Gasteiger partial charge in [-0.05, 0) is 55.2 Å². The molecular weight excluding hydrogens is 424 g/mol. The second-order valence-corrected chi connectivity index (χ2v) is 9.29. The van der Waals surface area contributed by atoms with E-state index in [2.05, 4.69) is 9.88 Å². The van der Waals surface area contributed by atoms with E-state index in [-0.39, 0.29) is 5.91 Å². The molecule has 1 aliphatic heterocycles. The zero-order valence-corrected chi connectivity index (χ0v) is 18.6. The molecule has 8 heteroatoms. The summed E-state index contributed by atoms with van der Waals surface area (Å²) in [6.07, 6.45) is 4.35. The Morgan fingerprint density at radius 3 is 2.44 bits per heavy atom. The number of fused-ring (bicyclic) bond motifs is 1. The monoisotopic (exact) mass is 450 g/mol. The largest absolute Gasteiger partial charge is 0.336 e. The van der Waals surface area contributed by atoms with Crippen LogP contribution in [0.15, 0.2) is 60.8 Å². The third kappa shape index (κ3) is 4.39. The van der Waals surface area contributed by atoms with Crippen molar-refractivity contribution in [3.05, 3.63) is 66.4 Å². The minimum atomic E-state index is -2.29. The fourth-order valence-electron chi connectivity index (χ4n) is 4.29. The van der Waals surface area contributed by atoms with Crippen molar-refractivity contribution in [1.82, 2.24) is 14.8 Å². The average Bonchev–Trinajstić information content (AvgIpc) is 3.64. The smallest absolute Gasteiger partial charge is 0.266 e. The van der Waals surface area contributed by atoms with Gasteiger partial charge in [0, 0.05) is 49.9 Å². The van der Waals surface area contributed by atoms with E-state index in [0.29, 0.717) is 22.5 Å². The highest BCUT2D eigenvalue weighted by atomic mass is 32.2. The van der Waals surface area contributed by atoms with Gasteiger partial charge in [0.15, 0.2) is 0 Å². The third-order valence-electron chi connectivity index (χ3n) is 6.21. The van der Waals surface area contributed by atoms with Gasteiger partial charge in [0.05, 0.1) is 16.9 Å². The summed E-state index contributed by atoms with van der Waals surface area (Å²) in [5.41, 5.74) is 2.29. The number of hydrogen-bond donors (Lipinski definition) is 1. The Morgan fingerprint density at radius 1 is 1.03 bits per heavy atom. The number of hydrogen-bond acceptors (Lipinski definition) is 4. The Kier molecular flexibility index (Phi) is 5.91. The summed E-state index contributed by atoms with van der Waals surface area (Å²) >= 11 is -2.29. The fraction of sp³-hybridized carbons (Fsp3) is 0.333. The van der Waals surface area contributed by atoms with Crippen molar-refractivity contribution in [3.8, 4) is 0 Å². The first kappa shape index (κ1) is 21.1. The van der Waals surface area contributed by atoms with Crippen LogP contribution in [0, 0.1) is 5.92 Å². The van der Waals surface area contributed by atoms with Crippen molar-refractivity contribution in [1.29, 1.82) is 0 Å². The molecule has 1 amide bonds. The number of carbonyl (C=O) groups excluding carboxylic acids is 1. The van der Waals surface area contributed by atoms with Gasteiger partial charge in [-0.3, -0.25) is 19.2 Å². The number of pyridine rings is 1. The number of nitrogens with zero attached hydrogens (tertiary/aromatic N) is 4. The van der Waals surface area contributed by atoms with Crippen LogP contribution in [0.5, 0.6) is 0 Å². The van der Waals surface area contributed by atoms with E-state index < -0.39 is 11.3 Å². The summed E-state index contributed by atoms with van der Waals surface area (Å²) in [6, 6.07) is 16.1. The summed E-state index contributed by atoms with van der Waals surface area (Å²) in [7, 11) is 0. The molecule has 5 rings (SSSR count). The number of carbonyl (C=O) groups is 1. The van der Waals surface area contributed by atoms with Crippen LogP contribution in [-0.2, 0) is 11.3 Å². The Bertz CT molecular complexity index is 1140. The van der Waals surface area contributed by atoms with E-state index in [0.717, 1.165) is 44.0 Å². The van der Waals surface area contributed by atoms with Gasteiger partial charge in [-0.15, -0.1) is 0 Å². The SMILES string of the molecule is O=C(c1ccc(N(c2cccc3cccnc23)S(=O)O)cc1)N1CCN(CC2CC2)CC1. The number of anilines is 2. The van der Waals surface area contributed by atoms with Crippen molar-refractivity contribution < 1.29 is 13.6 Å². The van der Waals surface area contributed by atoms with Gasteiger partial charge >= 0.3 is 0 Å². The van der Waals surface area contributed by atoms with Gasteiger partial charge in [-0.25, -0.2) is 8.51 Å². The van der Waals surface area contributed by atoms with Gasteiger partial charge < -0.3 is 4.90 Å². The van der Waals surface area contributed by atoms with Crippen LogP contribution in [0.1, 0.15) is 23.2 Å². The van der Waals surface area contributed by atoms with Crippen LogP contribution in [0.2, 0.25) is 0 Å². The molecule has 1 aromatic heterocycles. The lowest BCUT2D eigenvalue weighted by atomic mass is 10.1. The van der Waals surface area contributed by atoms with E-state index in [1.165, 1.54) is 17.1 Å². The molecule has 1 unspecified atom stereocenters. The van der Waals surface area contributed by atoms with E-state index in [4.69, 9.17) is 0 Å². The molecule has 2 heterocycles. The predicted octanol–water partition coefficient (Wildman–Crippen LogP) is 3.68. The number of amides is 1. The number of benzene rings is 2. The van der Waals surface area contributed by atoms with Gasteiger partial charge in [0.2, 0.25) is 0 Å². The lowest BCUT2D eigenvalue weighted by Crippen LogP contribution is -2.49. The second-order valence-electron chi connectivity index (χ2n) is 8.46. The first-order valence-electron chi connectivity index (χ1n) is 11.0. The minimum Gasteiger partial charge on any atom is -0.336 e. The Morgan fingerprint density at radius 2 is 1.75 bits per heavy atom. The minimum absolute atomic E-state index is 0.00567. The molecule has 2 aromatic carbocycles. The molecule has 1 atom stereocenters. The van der Waals surface area contributed by atoms with E-state index in [1.54, 1.807) is 36.5 Å². The normalized spacial score (nSPS) is 18.0. The molecule has 2 fully saturated rings. The number of rotatable bonds is 6. The molecule has 166 valence electrons. The Hall–Kier alpha value is -2.81. The van der Waals surface area contributed by atoms with Crippen molar-refractivity contribution in [2.45, 2.75) is 12.8 Å². The molecule has 32 heavy (non-hydrogen) atoms. The maximum atomic E-state index is 13.0. The molecule has 0 spiro atoms. The molecule has 1 saturated heterocycles. The quantitative estimate of drug-likeness (QED) is 0.580. The van der Waals surface area contributed by atoms with Crippen molar-refractivity contribution >= 4 is 39.5 Å². The average molecular weight is 451 g/mol. The summed E-state index contributed by atoms with van der Waals surface area (Å²) in [5, 5.41) is 0.882. The van der Waals surface area contributed by atoms with E-state index in [1.807, 2.05) is 29.2 Å². The van der Waals surface area contributed by atoms with Crippen molar-refractivity contribution in [3.63, 3.8) is 0 Å². The van der Waals surface area contributed by atoms with Crippen LogP contribution in [0.3, 0.4) is 0 Å². The molecule has 0 radical (unpaired) electrons. The highest BCUT2D eigenvalue weighted by Gasteiger charge is 2.28. The van der Waals surface area contributed by atoms with Crippen LogP contribution < -0.4 is 4.31 Å². The lowest BCUT2D eigenvalue weighted by Gasteiger charge is -2.34. The molecule has 2 aliphatic rings. The zero-order valence-electron chi connectivity index (χ0n) is 17.8. The number of para-hydroxylation sites is 1. The number of piperazine rings is 1. The topological polar surface area (TPSA) is 77.0 Å². The van der Waals surface area contributed by atoms with E-state index >= 15 is 0 Å². The second kappa shape index (κ2) is 8.97. The highest BCUT2D eigenvalue weighted by Crippen LogP contribution is 2.33. The van der Waals surface area contributed by atoms with Gasteiger partial charge in [-0.2, -0.15) is 0 Å². The molecule has 1 aliphatic carbocycles. The maximum absolute atomic E-state index is 13.0. The number of aromatic nitrogens is 1. The Labute approximate surface area is 190 Å². The van der Waals surface area contributed by atoms with Crippen molar-refractivity contribution in [2.24, 2.45) is 5.92 Å². The lowest BCUT2D eigenvalue weighted by molar-refractivity contribution is 0.0632. The van der Waals surface area contributed by atoms with Crippen LogP contribution in [0.4, 0.5) is 11.4 Å². The van der Waals surface area contributed by atoms with Crippen LogP contribution in [0.25, 0.3) is 10.9 Å². The maximum Gasteiger partial charge on any atom is 0.266 e. The van der Waals surface area contributed by atoms with Gasteiger partial charge in [-0.1, -0.05) is 18.2 Å². The first-order chi connectivity index (χ1) is 15.6. The van der Waals surface area contributed by atoms with Gasteiger partial charge in [0.1, 0.15) is 0 Å². The Balaban J connectivity index is 1.33. The van der Waals surface area contributed by atoms with Crippen LogP contribution in [-0.4, -0.2) is 62.2 Å². The first-order valence-corrected chi connectivity index (χ1v) is 12.0. The van der Waals surface area contributed by atoms with E-state index in [9.17, 15) is 13.6 Å². The summed E-state index contributed by atoms with van der Waals surface area (Å²) in [6.45, 7) is 4.48. The molecule has 1 N–H and O–H groups in total. The van der Waals surface area contributed by atoms with Gasteiger partial charge in [0.25, 0.3) is 17.2 Å². The summed E-state index contributed by atoms with van der Waals surface area (Å²) in [5.74, 6) is 0.868. The molecule has 7 nitrogen and oxygen atoms in total. The fourth-order valence-corrected chi connectivity index (χ4v) is 4.90. The molecule has 0 bridgehead atoms. The zero-order chi connectivity index (χ0) is 22.1. The van der Waals surface area contributed by atoms with Crippen LogP contribution >= 0.6 is 0 Å². The molecule has 3 aromatic rings. The highest BCUT2D eigenvalue weighted by molar-refractivity contribution is 7.81. The van der Waals surface area contributed by atoms with Crippen molar-refractivity contribution in [2.75, 3.05) is 37.0 Å². The third-order valence-corrected chi connectivity index (χ3v) is 6.93. The predicted molar refractivity (Wildman–Crippen MR) is 126 cm³/mol. The summed E-state index contributed by atoms with van der Waals surface area (Å²) in [4.78, 5) is 21.7. The molecule has 1 saturated carbocycles.